The fraction of sp³-hybridized carbons (Fsp3) is 0.800. The molecule has 1 N–H and O–H groups in total. The highest BCUT2D eigenvalue weighted by Crippen LogP contribution is 2.06. The Kier molecular flexibility index (Phi) is 5.28. The van der Waals surface area contributed by atoms with Gasteiger partial charge >= 0.3 is 0 Å². The summed E-state index contributed by atoms with van der Waals surface area (Å²) >= 11 is 0. The molecule has 86 valence electrons. The zero-order valence-electron chi connectivity index (χ0n) is 9.73. The largest absolute Gasteiger partial charge is 0.382 e. The number of ether oxygens (including phenoxy) is 1. The van der Waals surface area contributed by atoms with Crippen LogP contribution in [0.5, 0.6) is 0 Å². The summed E-state index contributed by atoms with van der Waals surface area (Å²) in [6.45, 7) is 6.64. The van der Waals surface area contributed by atoms with Gasteiger partial charge in [-0.2, -0.15) is 5.10 Å². The van der Waals surface area contributed by atoms with Crippen molar-refractivity contribution in [3.8, 4) is 0 Å². The van der Waals surface area contributed by atoms with Crippen LogP contribution in [0.3, 0.4) is 0 Å². The molecule has 5 nitrogen and oxygen atoms in total. The molecule has 1 unspecified atom stereocenters. The Morgan fingerprint density at radius 2 is 2.40 bits per heavy atom. The maximum absolute atomic E-state index is 5.10. The van der Waals surface area contributed by atoms with Crippen LogP contribution in [-0.2, 0) is 11.3 Å². The topological polar surface area (TPSA) is 52.0 Å². The van der Waals surface area contributed by atoms with E-state index in [9.17, 15) is 0 Å². The Morgan fingerprint density at radius 3 is 3.07 bits per heavy atom. The fourth-order valence-electron chi connectivity index (χ4n) is 1.46. The number of methoxy groups -OCH3 is 1. The summed E-state index contributed by atoms with van der Waals surface area (Å²) in [7, 11) is 1.70. The standard InChI is InChI=1S/C10H20N4O/c1-4-5-11-6-10-12-8-13-14(10)9(2)7-15-3/h8-9,11H,4-7H2,1-3H3. The normalized spacial score (nSPS) is 13.0. The second kappa shape index (κ2) is 6.53. The van der Waals surface area contributed by atoms with Gasteiger partial charge in [0.25, 0.3) is 0 Å². The lowest BCUT2D eigenvalue weighted by atomic mass is 10.3. The molecule has 1 atom stereocenters. The maximum atomic E-state index is 5.10. The van der Waals surface area contributed by atoms with E-state index in [1.165, 1.54) is 0 Å². The highest BCUT2D eigenvalue weighted by atomic mass is 16.5. The quantitative estimate of drug-likeness (QED) is 0.685. The molecule has 1 rings (SSSR count). The molecular formula is C10H20N4O. The first-order valence-electron chi connectivity index (χ1n) is 5.37. The van der Waals surface area contributed by atoms with Crippen LogP contribution in [-0.4, -0.2) is 35.0 Å². The van der Waals surface area contributed by atoms with E-state index < -0.39 is 0 Å². The molecule has 0 aliphatic carbocycles. The molecule has 0 saturated heterocycles. The number of nitrogens with one attached hydrogen (secondary N) is 1. The van der Waals surface area contributed by atoms with Crippen LogP contribution in [0.2, 0.25) is 0 Å². The molecule has 1 aromatic rings. The van der Waals surface area contributed by atoms with Crippen molar-refractivity contribution in [1.29, 1.82) is 0 Å². The lowest BCUT2D eigenvalue weighted by Gasteiger charge is -2.13. The van der Waals surface area contributed by atoms with Crippen LogP contribution in [0.15, 0.2) is 6.33 Å². The van der Waals surface area contributed by atoms with Crippen LogP contribution < -0.4 is 5.32 Å². The van der Waals surface area contributed by atoms with E-state index in [0.29, 0.717) is 6.61 Å². The van der Waals surface area contributed by atoms with E-state index in [2.05, 4.69) is 29.2 Å². The summed E-state index contributed by atoms with van der Waals surface area (Å²) in [5, 5.41) is 7.51. The van der Waals surface area contributed by atoms with E-state index in [1.54, 1.807) is 13.4 Å². The monoisotopic (exact) mass is 212 g/mol. The van der Waals surface area contributed by atoms with Gasteiger partial charge in [-0.3, -0.25) is 0 Å². The molecule has 0 saturated carbocycles. The smallest absolute Gasteiger partial charge is 0.141 e. The summed E-state index contributed by atoms with van der Waals surface area (Å²) in [4.78, 5) is 4.23. The van der Waals surface area contributed by atoms with Crippen molar-refractivity contribution in [1.82, 2.24) is 20.1 Å². The molecule has 15 heavy (non-hydrogen) atoms. The van der Waals surface area contributed by atoms with Crippen LogP contribution in [0, 0.1) is 0 Å². The number of rotatable bonds is 7. The third-order valence-electron chi connectivity index (χ3n) is 2.18. The highest BCUT2D eigenvalue weighted by Gasteiger charge is 2.10. The first-order valence-corrected chi connectivity index (χ1v) is 5.37. The molecule has 0 aliphatic rings. The summed E-state index contributed by atoms with van der Waals surface area (Å²) < 4.78 is 7.01. The van der Waals surface area contributed by atoms with E-state index in [0.717, 1.165) is 25.3 Å². The summed E-state index contributed by atoms with van der Waals surface area (Å²) in [6, 6.07) is 0.232. The predicted octanol–water partition coefficient (Wildman–Crippen LogP) is 0.985. The molecule has 0 aliphatic heterocycles. The predicted molar refractivity (Wildman–Crippen MR) is 58.6 cm³/mol. The molecule has 0 radical (unpaired) electrons. The molecule has 1 aromatic heterocycles. The van der Waals surface area contributed by atoms with Gasteiger partial charge in [-0.1, -0.05) is 6.92 Å². The SMILES string of the molecule is CCCNCc1ncnn1C(C)COC. The van der Waals surface area contributed by atoms with Gasteiger partial charge in [-0.15, -0.1) is 0 Å². The molecule has 0 bridgehead atoms. The van der Waals surface area contributed by atoms with E-state index in [1.807, 2.05) is 4.68 Å². The maximum Gasteiger partial charge on any atom is 0.141 e. The van der Waals surface area contributed by atoms with Crippen LogP contribution in [0.4, 0.5) is 0 Å². The van der Waals surface area contributed by atoms with Gasteiger partial charge < -0.3 is 10.1 Å². The molecule has 0 aromatic carbocycles. The second-order valence-electron chi connectivity index (χ2n) is 3.60. The second-order valence-corrected chi connectivity index (χ2v) is 3.60. The van der Waals surface area contributed by atoms with Crippen molar-refractivity contribution in [2.24, 2.45) is 0 Å². The number of aromatic nitrogens is 3. The third kappa shape index (κ3) is 3.60. The molecule has 0 amide bonds. The molecular weight excluding hydrogens is 192 g/mol. The summed E-state index contributed by atoms with van der Waals surface area (Å²) in [5.41, 5.74) is 0. The number of hydrogen-bond acceptors (Lipinski definition) is 4. The molecule has 0 spiro atoms. The zero-order chi connectivity index (χ0) is 11.1. The van der Waals surface area contributed by atoms with Gasteiger partial charge in [0.15, 0.2) is 0 Å². The Balaban J connectivity index is 2.52. The summed E-state index contributed by atoms with van der Waals surface area (Å²) in [5.74, 6) is 0.966. The van der Waals surface area contributed by atoms with Crippen molar-refractivity contribution in [3.63, 3.8) is 0 Å². The lowest BCUT2D eigenvalue weighted by Crippen LogP contribution is -2.21. The van der Waals surface area contributed by atoms with E-state index >= 15 is 0 Å². The molecule has 1 heterocycles. The van der Waals surface area contributed by atoms with Gasteiger partial charge in [0.1, 0.15) is 12.2 Å². The Morgan fingerprint density at radius 1 is 1.60 bits per heavy atom. The van der Waals surface area contributed by atoms with Gasteiger partial charge in [-0.05, 0) is 19.9 Å². The lowest BCUT2D eigenvalue weighted by molar-refractivity contribution is 0.155. The average molecular weight is 212 g/mol. The van der Waals surface area contributed by atoms with Crippen LogP contribution in [0.25, 0.3) is 0 Å². The molecule has 5 heteroatoms. The first-order chi connectivity index (χ1) is 7.29. The van der Waals surface area contributed by atoms with E-state index in [-0.39, 0.29) is 6.04 Å². The van der Waals surface area contributed by atoms with Crippen molar-refractivity contribution >= 4 is 0 Å². The Bertz CT molecular complexity index is 274. The first kappa shape index (κ1) is 12.1. The van der Waals surface area contributed by atoms with Crippen molar-refractivity contribution in [3.05, 3.63) is 12.2 Å². The minimum absolute atomic E-state index is 0.232. The van der Waals surface area contributed by atoms with Crippen LogP contribution in [0.1, 0.15) is 32.1 Å². The minimum Gasteiger partial charge on any atom is -0.382 e. The fourth-order valence-corrected chi connectivity index (χ4v) is 1.46. The highest BCUT2D eigenvalue weighted by molar-refractivity contribution is 4.86. The van der Waals surface area contributed by atoms with Gasteiger partial charge in [0.05, 0.1) is 19.2 Å². The number of nitrogens with zero attached hydrogens (tertiary/aromatic N) is 3. The Hall–Kier alpha value is -0.940. The zero-order valence-corrected chi connectivity index (χ0v) is 9.73. The number of hydrogen-bond donors (Lipinski definition) is 1. The summed E-state index contributed by atoms with van der Waals surface area (Å²) in [6.07, 6.45) is 2.72. The Labute approximate surface area is 90.8 Å². The van der Waals surface area contributed by atoms with Crippen molar-refractivity contribution in [2.45, 2.75) is 32.9 Å². The van der Waals surface area contributed by atoms with Crippen LogP contribution >= 0.6 is 0 Å². The van der Waals surface area contributed by atoms with Gasteiger partial charge in [0, 0.05) is 7.11 Å². The van der Waals surface area contributed by atoms with Gasteiger partial charge in [-0.25, -0.2) is 9.67 Å². The van der Waals surface area contributed by atoms with Crippen molar-refractivity contribution in [2.75, 3.05) is 20.3 Å². The minimum atomic E-state index is 0.232. The van der Waals surface area contributed by atoms with Gasteiger partial charge in [0.2, 0.25) is 0 Å². The molecule has 0 fully saturated rings. The van der Waals surface area contributed by atoms with Crippen molar-refractivity contribution < 1.29 is 4.74 Å². The van der Waals surface area contributed by atoms with E-state index in [4.69, 9.17) is 4.74 Å². The third-order valence-corrected chi connectivity index (χ3v) is 2.18. The average Bonchev–Trinajstić information content (AvgIpc) is 2.67.